The second-order valence-corrected chi connectivity index (χ2v) is 6.96. The molecule has 4 rings (SSSR count). The summed E-state index contributed by atoms with van der Waals surface area (Å²) in [5.74, 6) is 1.62. The third-order valence-electron chi connectivity index (χ3n) is 5.31. The molecule has 0 spiro atoms. The summed E-state index contributed by atoms with van der Waals surface area (Å²) in [7, 11) is 0. The number of aromatic amines is 1. The number of imidazole rings is 2. The van der Waals surface area contributed by atoms with Gasteiger partial charge in [-0.2, -0.15) is 0 Å². The van der Waals surface area contributed by atoms with Crippen LogP contribution in [0.1, 0.15) is 29.2 Å². The Balaban J connectivity index is 1.40. The molecule has 0 bridgehead atoms. The number of hydrogen-bond donors (Lipinski definition) is 1. The summed E-state index contributed by atoms with van der Waals surface area (Å²) in [5.41, 5.74) is 4.94. The van der Waals surface area contributed by atoms with Crippen molar-refractivity contribution in [1.82, 2.24) is 24.4 Å². The van der Waals surface area contributed by atoms with E-state index < -0.39 is 0 Å². The van der Waals surface area contributed by atoms with E-state index in [0.29, 0.717) is 5.92 Å². The zero-order chi connectivity index (χ0) is 17.2. The van der Waals surface area contributed by atoms with E-state index in [2.05, 4.69) is 61.8 Å². The van der Waals surface area contributed by atoms with E-state index in [4.69, 9.17) is 0 Å². The Morgan fingerprint density at radius 3 is 2.84 bits per heavy atom. The summed E-state index contributed by atoms with van der Waals surface area (Å²) < 4.78 is 2.21. The molecule has 1 atom stereocenters. The van der Waals surface area contributed by atoms with Gasteiger partial charge >= 0.3 is 0 Å². The Bertz CT molecular complexity index is 847. The zero-order valence-electron chi connectivity index (χ0n) is 14.9. The highest BCUT2D eigenvalue weighted by atomic mass is 15.2. The summed E-state index contributed by atoms with van der Waals surface area (Å²) >= 11 is 0. The average molecular weight is 335 g/mol. The topological polar surface area (TPSA) is 49.7 Å². The van der Waals surface area contributed by atoms with Gasteiger partial charge in [0, 0.05) is 37.7 Å². The van der Waals surface area contributed by atoms with Gasteiger partial charge in [-0.1, -0.05) is 24.3 Å². The van der Waals surface area contributed by atoms with Crippen LogP contribution in [0, 0.1) is 13.8 Å². The van der Waals surface area contributed by atoms with Crippen molar-refractivity contribution in [3.8, 4) is 11.5 Å². The molecule has 0 aliphatic carbocycles. The van der Waals surface area contributed by atoms with Crippen molar-refractivity contribution < 1.29 is 0 Å². The Hall–Kier alpha value is -2.40. The van der Waals surface area contributed by atoms with Crippen LogP contribution in [0.3, 0.4) is 0 Å². The van der Waals surface area contributed by atoms with Crippen LogP contribution in [0.2, 0.25) is 0 Å². The van der Waals surface area contributed by atoms with Gasteiger partial charge in [0.2, 0.25) is 0 Å². The molecule has 0 radical (unpaired) electrons. The third kappa shape index (κ3) is 3.24. The number of likely N-dealkylation sites (tertiary alicyclic amines) is 1. The summed E-state index contributed by atoms with van der Waals surface area (Å²) in [6.07, 6.45) is 6.90. The van der Waals surface area contributed by atoms with E-state index >= 15 is 0 Å². The first-order valence-corrected chi connectivity index (χ1v) is 9.01. The molecule has 2 aromatic heterocycles. The smallest absolute Gasteiger partial charge is 0.160 e. The van der Waals surface area contributed by atoms with Crippen molar-refractivity contribution in [1.29, 1.82) is 0 Å². The number of H-pyrrole nitrogens is 1. The zero-order valence-corrected chi connectivity index (χ0v) is 14.9. The van der Waals surface area contributed by atoms with Gasteiger partial charge in [0.05, 0.1) is 6.33 Å². The first-order valence-electron chi connectivity index (χ1n) is 9.01. The van der Waals surface area contributed by atoms with Crippen LogP contribution in [0.5, 0.6) is 0 Å². The minimum Gasteiger partial charge on any atom is -0.348 e. The Morgan fingerprint density at radius 1 is 1.16 bits per heavy atom. The lowest BCUT2D eigenvalue weighted by molar-refractivity contribution is 0.319. The van der Waals surface area contributed by atoms with Crippen LogP contribution in [0.25, 0.3) is 11.5 Å². The van der Waals surface area contributed by atoms with Crippen LogP contribution in [-0.2, 0) is 6.54 Å². The lowest BCUT2D eigenvalue weighted by Crippen LogP contribution is -2.25. The maximum absolute atomic E-state index is 4.50. The fraction of sp³-hybridized carbons (Fsp3) is 0.400. The Kier molecular flexibility index (Phi) is 4.40. The molecule has 0 saturated carbocycles. The number of nitrogens with zero attached hydrogens (tertiary/aromatic N) is 4. The largest absolute Gasteiger partial charge is 0.348 e. The lowest BCUT2D eigenvalue weighted by atomic mass is 9.94. The van der Waals surface area contributed by atoms with Gasteiger partial charge in [-0.25, -0.2) is 9.97 Å². The molecule has 0 amide bonds. The maximum atomic E-state index is 4.50. The summed E-state index contributed by atoms with van der Waals surface area (Å²) in [6, 6.07) is 8.80. The van der Waals surface area contributed by atoms with Crippen LogP contribution >= 0.6 is 0 Å². The molecule has 1 N–H and O–H groups in total. The molecule has 25 heavy (non-hydrogen) atoms. The molecular weight excluding hydrogens is 310 g/mol. The standard InChI is InChI=1S/C20H25N5/c1-15-5-3-4-6-18(15)17-7-9-24(13-17)11-12-25-10-8-21-20(25)19-16(2)22-14-23-19/h3-6,8,10,14,17H,7,9,11-13H2,1-2H3,(H,22,23). The third-order valence-corrected chi connectivity index (χ3v) is 5.31. The van der Waals surface area contributed by atoms with Gasteiger partial charge in [-0.05, 0) is 43.9 Å². The fourth-order valence-electron chi connectivity index (χ4n) is 3.87. The number of benzene rings is 1. The molecule has 5 nitrogen and oxygen atoms in total. The second kappa shape index (κ2) is 6.84. The molecular formula is C20H25N5. The SMILES string of the molecule is Cc1ccccc1C1CCN(CCn2ccnc2-c2nc[nH]c2C)C1. The van der Waals surface area contributed by atoms with Crippen LogP contribution < -0.4 is 0 Å². The molecule has 3 aromatic rings. The van der Waals surface area contributed by atoms with Crippen molar-refractivity contribution in [3.05, 3.63) is 59.8 Å². The molecule has 130 valence electrons. The molecule has 1 aliphatic rings. The van der Waals surface area contributed by atoms with Crippen molar-refractivity contribution in [2.45, 2.75) is 32.7 Å². The maximum Gasteiger partial charge on any atom is 0.160 e. The predicted octanol–water partition coefficient (Wildman–Crippen LogP) is 3.38. The van der Waals surface area contributed by atoms with E-state index in [0.717, 1.165) is 36.8 Å². The van der Waals surface area contributed by atoms with Crippen molar-refractivity contribution in [2.24, 2.45) is 0 Å². The van der Waals surface area contributed by atoms with Gasteiger partial charge in [0.25, 0.3) is 0 Å². The van der Waals surface area contributed by atoms with Gasteiger partial charge in [0.15, 0.2) is 5.82 Å². The monoisotopic (exact) mass is 335 g/mol. The first-order chi connectivity index (χ1) is 12.2. The Morgan fingerprint density at radius 2 is 2.04 bits per heavy atom. The summed E-state index contributed by atoms with van der Waals surface area (Å²) in [4.78, 5) is 14.6. The van der Waals surface area contributed by atoms with Gasteiger partial charge < -0.3 is 14.5 Å². The lowest BCUT2D eigenvalue weighted by Gasteiger charge is -2.18. The number of nitrogens with one attached hydrogen (secondary N) is 1. The summed E-state index contributed by atoms with van der Waals surface area (Å²) in [5, 5.41) is 0. The molecule has 1 aliphatic heterocycles. The molecule has 1 fully saturated rings. The van der Waals surface area contributed by atoms with Crippen LogP contribution in [0.4, 0.5) is 0 Å². The minimum atomic E-state index is 0.664. The van der Waals surface area contributed by atoms with E-state index in [1.54, 1.807) is 6.33 Å². The highest BCUT2D eigenvalue weighted by molar-refractivity contribution is 5.52. The molecule has 1 unspecified atom stereocenters. The van der Waals surface area contributed by atoms with Crippen LogP contribution in [0.15, 0.2) is 43.0 Å². The van der Waals surface area contributed by atoms with Crippen molar-refractivity contribution >= 4 is 0 Å². The number of aromatic nitrogens is 4. The second-order valence-electron chi connectivity index (χ2n) is 6.96. The molecule has 5 heteroatoms. The first kappa shape index (κ1) is 16.1. The van der Waals surface area contributed by atoms with E-state index in [1.165, 1.54) is 24.1 Å². The van der Waals surface area contributed by atoms with E-state index in [1.807, 2.05) is 13.1 Å². The van der Waals surface area contributed by atoms with Gasteiger partial charge in [-0.3, -0.25) is 0 Å². The van der Waals surface area contributed by atoms with E-state index in [-0.39, 0.29) is 0 Å². The highest BCUT2D eigenvalue weighted by Gasteiger charge is 2.24. The van der Waals surface area contributed by atoms with Crippen molar-refractivity contribution in [3.63, 3.8) is 0 Å². The predicted molar refractivity (Wildman–Crippen MR) is 99.5 cm³/mol. The van der Waals surface area contributed by atoms with Gasteiger partial charge in [0.1, 0.15) is 5.69 Å². The number of aryl methyl sites for hydroxylation is 2. The normalized spacial score (nSPS) is 18.1. The summed E-state index contributed by atoms with van der Waals surface area (Å²) in [6.45, 7) is 8.58. The fourth-order valence-corrected chi connectivity index (χ4v) is 3.87. The van der Waals surface area contributed by atoms with Gasteiger partial charge in [-0.15, -0.1) is 0 Å². The van der Waals surface area contributed by atoms with Crippen molar-refractivity contribution in [2.75, 3.05) is 19.6 Å². The molecule has 1 aromatic carbocycles. The molecule has 3 heterocycles. The van der Waals surface area contributed by atoms with Crippen LogP contribution in [-0.4, -0.2) is 44.1 Å². The highest BCUT2D eigenvalue weighted by Crippen LogP contribution is 2.29. The Labute approximate surface area is 148 Å². The molecule has 1 saturated heterocycles. The quantitative estimate of drug-likeness (QED) is 0.778. The average Bonchev–Trinajstić information content (AvgIpc) is 3.33. The minimum absolute atomic E-state index is 0.664. The number of rotatable bonds is 5. The number of hydrogen-bond acceptors (Lipinski definition) is 3. The van der Waals surface area contributed by atoms with E-state index in [9.17, 15) is 0 Å².